The number of hydrogen-bond acceptors (Lipinski definition) is 3. The summed E-state index contributed by atoms with van der Waals surface area (Å²) in [6.07, 6.45) is -0.274. The first-order chi connectivity index (χ1) is 8.58. The number of hydrogen-bond donors (Lipinski definition) is 0. The number of aromatic nitrogens is 2. The average molecular weight is 330 g/mol. The molecular weight excluding hydrogens is 310 g/mol. The third-order valence-electron chi connectivity index (χ3n) is 2.91. The van der Waals surface area contributed by atoms with Crippen molar-refractivity contribution in [2.24, 2.45) is 0 Å². The van der Waals surface area contributed by atoms with Crippen molar-refractivity contribution in [1.82, 2.24) is 14.7 Å². The van der Waals surface area contributed by atoms with Crippen molar-refractivity contribution in [2.45, 2.75) is 52.3 Å². The summed E-state index contributed by atoms with van der Waals surface area (Å²) in [5.41, 5.74) is 0.296. The Morgan fingerprint density at radius 1 is 1.47 bits per heavy atom. The second-order valence-corrected chi connectivity index (χ2v) is 7.33. The maximum atomic E-state index is 12.2. The summed E-state index contributed by atoms with van der Waals surface area (Å²) in [7, 11) is 0. The monoisotopic (exact) mass is 329 g/mol. The number of carbonyl (C=O) groups excluding carboxylic acids is 1. The van der Waals surface area contributed by atoms with E-state index in [-0.39, 0.29) is 11.6 Å². The molecule has 2 heterocycles. The van der Waals surface area contributed by atoms with Crippen LogP contribution in [0.1, 0.15) is 40.3 Å². The van der Waals surface area contributed by atoms with Crippen molar-refractivity contribution in [3.63, 3.8) is 0 Å². The minimum Gasteiger partial charge on any atom is -0.444 e. The minimum atomic E-state index is -0.473. The van der Waals surface area contributed by atoms with Crippen LogP contribution in [0.4, 0.5) is 4.79 Å². The van der Waals surface area contributed by atoms with E-state index in [4.69, 9.17) is 4.74 Å². The Hall–Kier alpha value is -1.04. The predicted molar refractivity (Wildman–Crippen MR) is 75.9 cm³/mol. The number of carbonyl (C=O) groups is 1. The molecule has 0 fully saturated rings. The molecule has 0 spiro atoms. The van der Waals surface area contributed by atoms with Gasteiger partial charge in [0.05, 0.1) is 17.8 Å². The van der Waals surface area contributed by atoms with Gasteiger partial charge in [-0.1, -0.05) is 0 Å². The summed E-state index contributed by atoms with van der Waals surface area (Å²) in [5.74, 6) is 0. The van der Waals surface area contributed by atoms with Gasteiger partial charge in [0, 0.05) is 6.54 Å². The first-order valence-electron chi connectivity index (χ1n) is 6.31. The normalized spacial score (nSPS) is 18.1. The molecule has 1 aromatic rings. The van der Waals surface area contributed by atoms with Gasteiger partial charge in [-0.25, -0.2) is 4.79 Å². The Bertz CT molecular complexity index is 502. The van der Waals surface area contributed by atoms with Crippen molar-refractivity contribution in [1.29, 1.82) is 0 Å². The lowest BCUT2D eigenvalue weighted by Gasteiger charge is -2.39. The molecule has 2 rings (SSSR count). The van der Waals surface area contributed by atoms with E-state index in [1.54, 1.807) is 4.90 Å². The molecule has 5 nitrogen and oxygen atoms in total. The van der Waals surface area contributed by atoms with Crippen LogP contribution in [0.15, 0.2) is 10.7 Å². The largest absolute Gasteiger partial charge is 0.444 e. The Labute approximate surface area is 122 Å². The third-order valence-corrected chi connectivity index (χ3v) is 3.30. The van der Waals surface area contributed by atoms with Gasteiger partial charge >= 0.3 is 6.09 Å². The van der Waals surface area contributed by atoms with Crippen LogP contribution in [-0.4, -0.2) is 32.9 Å². The summed E-state index contributed by atoms with van der Waals surface area (Å²) in [4.78, 5) is 13.9. The fourth-order valence-electron chi connectivity index (χ4n) is 2.27. The number of halogens is 1. The molecule has 106 valence electrons. The number of fused-ring (bicyclic) bond motifs is 1. The molecule has 1 amide bonds. The van der Waals surface area contributed by atoms with E-state index in [1.807, 2.05) is 31.5 Å². The van der Waals surface area contributed by atoms with Crippen molar-refractivity contribution in [2.75, 3.05) is 6.54 Å². The lowest BCUT2D eigenvalue weighted by molar-refractivity contribution is 0.00907. The SMILES string of the molecule is CC(C)(C)OC(=O)N1Cc2cc(Br)nn2C(C)(C)C1. The predicted octanol–water partition coefficient (Wildman–Crippen LogP) is 3.13. The van der Waals surface area contributed by atoms with Crippen LogP contribution in [0.5, 0.6) is 0 Å². The Morgan fingerprint density at radius 3 is 2.68 bits per heavy atom. The van der Waals surface area contributed by atoms with Gasteiger partial charge in [-0.05, 0) is 56.6 Å². The van der Waals surface area contributed by atoms with Crippen LogP contribution in [0.25, 0.3) is 0 Å². The summed E-state index contributed by atoms with van der Waals surface area (Å²) >= 11 is 3.38. The van der Waals surface area contributed by atoms with Crippen LogP contribution in [0, 0.1) is 0 Å². The zero-order valence-electron chi connectivity index (χ0n) is 12.0. The molecular formula is C13H20BrN3O2. The first kappa shape index (κ1) is 14.4. The van der Waals surface area contributed by atoms with Crippen LogP contribution >= 0.6 is 15.9 Å². The van der Waals surface area contributed by atoms with Crippen molar-refractivity contribution >= 4 is 22.0 Å². The fraction of sp³-hybridized carbons (Fsp3) is 0.692. The number of amides is 1. The maximum Gasteiger partial charge on any atom is 0.410 e. The van der Waals surface area contributed by atoms with Crippen LogP contribution in [0.3, 0.4) is 0 Å². The molecule has 0 aliphatic carbocycles. The van der Waals surface area contributed by atoms with Gasteiger partial charge in [-0.15, -0.1) is 0 Å². The molecule has 0 atom stereocenters. The zero-order valence-corrected chi connectivity index (χ0v) is 13.6. The van der Waals surface area contributed by atoms with E-state index in [0.29, 0.717) is 13.1 Å². The topological polar surface area (TPSA) is 47.4 Å². The quantitative estimate of drug-likeness (QED) is 0.734. The lowest BCUT2D eigenvalue weighted by Crippen LogP contribution is -2.50. The molecule has 1 aliphatic rings. The van der Waals surface area contributed by atoms with Crippen molar-refractivity contribution < 1.29 is 9.53 Å². The summed E-state index contributed by atoms with van der Waals surface area (Å²) in [6.45, 7) is 10.9. The lowest BCUT2D eigenvalue weighted by atomic mass is 10.0. The highest BCUT2D eigenvalue weighted by atomic mass is 79.9. The summed E-state index contributed by atoms with van der Waals surface area (Å²) in [5, 5.41) is 4.43. The number of rotatable bonds is 0. The van der Waals surface area contributed by atoms with E-state index in [1.165, 1.54) is 0 Å². The second-order valence-electron chi connectivity index (χ2n) is 6.52. The molecule has 0 saturated carbocycles. The molecule has 0 unspecified atom stereocenters. The number of ether oxygens (including phenoxy) is 1. The molecule has 0 saturated heterocycles. The minimum absolute atomic E-state index is 0.240. The van der Waals surface area contributed by atoms with Crippen LogP contribution in [-0.2, 0) is 16.8 Å². The van der Waals surface area contributed by atoms with Gasteiger partial charge in [0.25, 0.3) is 0 Å². The average Bonchev–Trinajstić information content (AvgIpc) is 2.56. The molecule has 1 aromatic heterocycles. The van der Waals surface area contributed by atoms with Gasteiger partial charge in [-0.3, -0.25) is 9.58 Å². The standard InChI is InChI=1S/C13H20BrN3O2/c1-12(2,3)19-11(18)16-7-9-6-10(14)15-17(9)13(4,5)8-16/h6H,7-8H2,1-5H3. The summed E-state index contributed by atoms with van der Waals surface area (Å²) in [6, 6.07) is 1.94. The Morgan fingerprint density at radius 2 is 2.11 bits per heavy atom. The van der Waals surface area contributed by atoms with Gasteiger partial charge < -0.3 is 4.74 Å². The van der Waals surface area contributed by atoms with Gasteiger partial charge in [0.2, 0.25) is 0 Å². The van der Waals surface area contributed by atoms with Crippen molar-refractivity contribution in [3.8, 4) is 0 Å². The third kappa shape index (κ3) is 3.11. The first-order valence-corrected chi connectivity index (χ1v) is 7.11. The highest BCUT2D eigenvalue weighted by Crippen LogP contribution is 2.28. The molecule has 0 radical (unpaired) electrons. The molecule has 1 aliphatic heterocycles. The molecule has 0 bridgehead atoms. The van der Waals surface area contributed by atoms with Crippen LogP contribution in [0.2, 0.25) is 0 Å². The van der Waals surface area contributed by atoms with Gasteiger partial charge in [-0.2, -0.15) is 5.10 Å². The fourth-order valence-corrected chi connectivity index (χ4v) is 2.69. The number of nitrogens with zero attached hydrogens (tertiary/aromatic N) is 3. The summed E-state index contributed by atoms with van der Waals surface area (Å²) < 4.78 is 8.20. The van der Waals surface area contributed by atoms with Crippen molar-refractivity contribution in [3.05, 3.63) is 16.4 Å². The van der Waals surface area contributed by atoms with E-state index in [2.05, 4.69) is 34.9 Å². The maximum absolute atomic E-state index is 12.2. The van der Waals surface area contributed by atoms with E-state index in [0.717, 1.165) is 10.3 Å². The Kier molecular flexibility index (Phi) is 3.41. The second kappa shape index (κ2) is 4.51. The van der Waals surface area contributed by atoms with E-state index < -0.39 is 5.60 Å². The van der Waals surface area contributed by atoms with Crippen LogP contribution < -0.4 is 0 Å². The molecule has 0 aromatic carbocycles. The molecule has 19 heavy (non-hydrogen) atoms. The smallest absolute Gasteiger partial charge is 0.410 e. The van der Waals surface area contributed by atoms with E-state index >= 15 is 0 Å². The highest BCUT2D eigenvalue weighted by Gasteiger charge is 2.36. The van der Waals surface area contributed by atoms with Gasteiger partial charge in [0.1, 0.15) is 10.2 Å². The van der Waals surface area contributed by atoms with E-state index in [9.17, 15) is 4.79 Å². The van der Waals surface area contributed by atoms with Gasteiger partial charge in [0.15, 0.2) is 0 Å². The highest BCUT2D eigenvalue weighted by molar-refractivity contribution is 9.10. The zero-order chi connectivity index (χ0) is 14.4. The molecule has 6 heteroatoms. The Balaban J connectivity index is 2.22. The molecule has 0 N–H and O–H groups in total.